The quantitative estimate of drug-likeness (QED) is 0.710. The third-order valence-corrected chi connectivity index (χ3v) is 8.81. The van der Waals surface area contributed by atoms with Crippen molar-refractivity contribution < 1.29 is 18.0 Å². The van der Waals surface area contributed by atoms with E-state index in [1.807, 2.05) is 4.90 Å². The number of carbonyl (C=O) groups is 2. The lowest BCUT2D eigenvalue weighted by Gasteiger charge is -2.44. The molecule has 2 amide bonds. The first-order valence-electron chi connectivity index (χ1n) is 10.5. The number of pyridine rings is 1. The number of hydrogen-bond acceptors (Lipinski definition) is 5. The zero-order chi connectivity index (χ0) is 21.7. The summed E-state index contributed by atoms with van der Waals surface area (Å²) in [4.78, 5) is 33.5. The predicted octanol–water partition coefficient (Wildman–Crippen LogP) is 1.06. The Labute approximate surface area is 178 Å². The van der Waals surface area contributed by atoms with Gasteiger partial charge in [0.1, 0.15) is 0 Å². The summed E-state index contributed by atoms with van der Waals surface area (Å²) >= 11 is 0. The monoisotopic (exact) mass is 434 g/mol. The van der Waals surface area contributed by atoms with Crippen LogP contribution in [0.5, 0.6) is 0 Å². The molecule has 1 aromatic heterocycles. The molecule has 0 radical (unpaired) electrons. The van der Waals surface area contributed by atoms with Crippen LogP contribution < -0.4 is 0 Å². The Balaban J connectivity index is 1.57. The first kappa shape index (κ1) is 21.2. The molecule has 30 heavy (non-hydrogen) atoms. The molecule has 1 spiro atoms. The second kappa shape index (κ2) is 7.30. The Morgan fingerprint density at radius 3 is 2.30 bits per heavy atom. The summed E-state index contributed by atoms with van der Waals surface area (Å²) in [7, 11) is 0.131. The van der Waals surface area contributed by atoms with Crippen LogP contribution in [-0.4, -0.2) is 85.9 Å². The molecule has 1 aliphatic carbocycles. The van der Waals surface area contributed by atoms with Gasteiger partial charge in [0.25, 0.3) is 5.91 Å². The molecule has 9 heteroatoms. The molecular weight excluding hydrogens is 404 g/mol. The van der Waals surface area contributed by atoms with Gasteiger partial charge in [0.05, 0.1) is 11.7 Å². The fourth-order valence-electron chi connectivity index (χ4n) is 6.00. The Kier molecular flexibility index (Phi) is 5.17. The molecule has 4 rings (SSSR count). The number of rotatable bonds is 3. The molecular formula is C21H30N4O4S. The third-order valence-electron chi connectivity index (χ3n) is 7.59. The molecule has 1 aromatic rings. The minimum absolute atomic E-state index is 0.00469. The molecule has 164 valence electrons. The molecule has 8 nitrogen and oxygen atoms in total. The second-order valence-corrected chi connectivity index (χ2v) is 11.3. The van der Waals surface area contributed by atoms with Gasteiger partial charge in [-0.15, -0.1) is 0 Å². The van der Waals surface area contributed by atoms with Crippen LogP contribution in [0, 0.1) is 16.7 Å². The van der Waals surface area contributed by atoms with Gasteiger partial charge in [0.2, 0.25) is 15.9 Å². The van der Waals surface area contributed by atoms with Crippen molar-refractivity contribution in [2.45, 2.75) is 25.7 Å². The average molecular weight is 435 g/mol. The van der Waals surface area contributed by atoms with Crippen molar-refractivity contribution in [3.8, 4) is 0 Å². The largest absolute Gasteiger partial charge is 0.348 e. The van der Waals surface area contributed by atoms with Crippen LogP contribution in [0.1, 0.15) is 36.0 Å². The normalized spacial score (nSPS) is 28.5. The van der Waals surface area contributed by atoms with E-state index in [2.05, 4.69) is 4.98 Å². The van der Waals surface area contributed by atoms with E-state index < -0.39 is 15.4 Å². The van der Waals surface area contributed by atoms with Crippen molar-refractivity contribution in [1.82, 2.24) is 19.1 Å². The Hall–Kier alpha value is -2.00. The fraction of sp³-hybridized carbons (Fsp3) is 0.667. The van der Waals surface area contributed by atoms with Gasteiger partial charge in [-0.1, -0.05) is 0 Å². The summed E-state index contributed by atoms with van der Waals surface area (Å²) in [6.07, 6.45) is 7.68. The van der Waals surface area contributed by atoms with Crippen LogP contribution in [0.3, 0.4) is 0 Å². The number of fused-ring (bicyclic) bond motifs is 2. The summed E-state index contributed by atoms with van der Waals surface area (Å²) in [5.41, 5.74) is -0.113. The molecule has 1 saturated carbocycles. The van der Waals surface area contributed by atoms with Crippen LogP contribution in [0.15, 0.2) is 24.5 Å². The summed E-state index contributed by atoms with van der Waals surface area (Å²) in [5.74, 6) is 0.0312. The summed E-state index contributed by atoms with van der Waals surface area (Å²) in [6.45, 7) is 1.93. The first-order valence-corrected chi connectivity index (χ1v) is 12.3. The lowest BCUT2D eigenvalue weighted by molar-refractivity contribution is -0.141. The molecule has 0 aromatic carbocycles. The Morgan fingerprint density at radius 2 is 1.73 bits per heavy atom. The number of carbonyl (C=O) groups excluding carboxylic acids is 2. The van der Waals surface area contributed by atoms with E-state index in [0.29, 0.717) is 31.6 Å². The van der Waals surface area contributed by atoms with E-state index in [1.54, 1.807) is 43.5 Å². The number of amides is 2. The van der Waals surface area contributed by atoms with Gasteiger partial charge in [-0.25, -0.2) is 12.7 Å². The zero-order valence-corrected chi connectivity index (χ0v) is 18.7. The van der Waals surface area contributed by atoms with E-state index in [-0.39, 0.29) is 29.7 Å². The van der Waals surface area contributed by atoms with E-state index in [1.165, 1.54) is 10.6 Å². The minimum atomic E-state index is -3.37. The highest BCUT2D eigenvalue weighted by Gasteiger charge is 2.65. The maximum Gasteiger partial charge on any atom is 0.253 e. The highest BCUT2D eigenvalue weighted by molar-refractivity contribution is 7.88. The van der Waals surface area contributed by atoms with Gasteiger partial charge in [-0.2, -0.15) is 0 Å². The molecule has 0 unspecified atom stereocenters. The zero-order valence-electron chi connectivity index (χ0n) is 17.9. The predicted molar refractivity (Wildman–Crippen MR) is 112 cm³/mol. The van der Waals surface area contributed by atoms with Gasteiger partial charge in [0, 0.05) is 58.2 Å². The van der Waals surface area contributed by atoms with Crippen molar-refractivity contribution in [3.63, 3.8) is 0 Å². The van der Waals surface area contributed by atoms with Crippen molar-refractivity contribution in [2.24, 2.45) is 16.7 Å². The molecule has 0 bridgehead atoms. The van der Waals surface area contributed by atoms with Gasteiger partial charge in [-0.05, 0) is 49.1 Å². The highest BCUT2D eigenvalue weighted by atomic mass is 32.2. The van der Waals surface area contributed by atoms with Gasteiger partial charge < -0.3 is 9.80 Å². The maximum atomic E-state index is 13.2. The summed E-state index contributed by atoms with van der Waals surface area (Å²) in [6, 6.07) is 3.45. The van der Waals surface area contributed by atoms with Crippen molar-refractivity contribution in [3.05, 3.63) is 30.1 Å². The Morgan fingerprint density at radius 1 is 1.10 bits per heavy atom. The molecule has 2 atom stereocenters. The highest BCUT2D eigenvalue weighted by Crippen LogP contribution is 2.62. The van der Waals surface area contributed by atoms with Crippen LogP contribution >= 0.6 is 0 Å². The van der Waals surface area contributed by atoms with Crippen LogP contribution in [0.25, 0.3) is 0 Å². The molecule has 3 heterocycles. The molecule has 0 N–H and O–H groups in total. The number of nitrogens with zero attached hydrogens (tertiary/aromatic N) is 4. The third kappa shape index (κ3) is 3.32. The van der Waals surface area contributed by atoms with E-state index in [4.69, 9.17) is 0 Å². The van der Waals surface area contributed by atoms with Crippen LogP contribution in [0.4, 0.5) is 0 Å². The molecule has 2 aliphatic heterocycles. The lowest BCUT2D eigenvalue weighted by Crippen LogP contribution is -2.49. The van der Waals surface area contributed by atoms with Crippen molar-refractivity contribution in [2.75, 3.05) is 46.5 Å². The van der Waals surface area contributed by atoms with E-state index >= 15 is 0 Å². The first-order chi connectivity index (χ1) is 14.1. The van der Waals surface area contributed by atoms with E-state index in [9.17, 15) is 18.0 Å². The SMILES string of the molecule is CN(C)C(=O)[C@]12CCC3(CCN(C(=O)c4ccncc4)CC3)[C@H]1CN(S(C)(=O)=O)C2. The molecule has 3 aliphatic rings. The maximum absolute atomic E-state index is 13.2. The summed E-state index contributed by atoms with van der Waals surface area (Å²) < 4.78 is 26.1. The number of sulfonamides is 1. The lowest BCUT2D eigenvalue weighted by atomic mass is 9.65. The fourth-order valence-corrected chi connectivity index (χ4v) is 6.88. The van der Waals surface area contributed by atoms with Crippen molar-refractivity contribution in [1.29, 1.82) is 0 Å². The summed E-state index contributed by atoms with van der Waals surface area (Å²) in [5, 5.41) is 0. The molecule has 2 saturated heterocycles. The number of aromatic nitrogens is 1. The van der Waals surface area contributed by atoms with Crippen LogP contribution in [0.2, 0.25) is 0 Å². The van der Waals surface area contributed by atoms with E-state index in [0.717, 1.165) is 19.3 Å². The smallest absolute Gasteiger partial charge is 0.253 e. The standard InChI is InChI=1S/C21H30N4O4S/c1-23(2)19(27)21-7-6-20(17(21)14-25(15-21)30(3,28)29)8-12-24(13-9-20)18(26)16-4-10-22-11-5-16/h4-5,10-11,17H,6-9,12-15H2,1-3H3/t17-,21+/m1/s1. The average Bonchev–Trinajstić information content (AvgIpc) is 3.26. The van der Waals surface area contributed by atoms with Crippen LogP contribution in [-0.2, 0) is 14.8 Å². The number of hydrogen-bond donors (Lipinski definition) is 0. The molecule has 3 fully saturated rings. The topological polar surface area (TPSA) is 90.9 Å². The van der Waals surface area contributed by atoms with Gasteiger partial charge in [0.15, 0.2) is 0 Å². The number of piperidine rings is 1. The Bertz CT molecular complexity index is 941. The van der Waals surface area contributed by atoms with Crippen molar-refractivity contribution >= 4 is 21.8 Å². The van der Waals surface area contributed by atoms with Gasteiger partial charge >= 0.3 is 0 Å². The minimum Gasteiger partial charge on any atom is -0.348 e. The van der Waals surface area contributed by atoms with Gasteiger partial charge in [-0.3, -0.25) is 14.6 Å². The second-order valence-electron chi connectivity index (χ2n) is 9.35. The number of likely N-dealkylation sites (tertiary alicyclic amines) is 1.